The van der Waals surface area contributed by atoms with Crippen LogP contribution in [0.4, 0.5) is 10.2 Å². The Labute approximate surface area is 186 Å². The topological polar surface area (TPSA) is 76.9 Å². The van der Waals surface area contributed by atoms with Crippen molar-refractivity contribution in [3.63, 3.8) is 0 Å². The van der Waals surface area contributed by atoms with E-state index in [1.807, 2.05) is 0 Å². The number of para-hydroxylation sites is 1. The third kappa shape index (κ3) is 4.60. The SMILES string of the molecule is CC(Sc1nc2ccccc2c(=O)n1-c1ccc(F)cc1)C(=O)Nc1ccc(Cl)cn1. The van der Waals surface area contributed by atoms with Gasteiger partial charge < -0.3 is 5.32 Å². The number of aromatic nitrogens is 3. The van der Waals surface area contributed by atoms with Crippen LogP contribution in [-0.2, 0) is 4.79 Å². The lowest BCUT2D eigenvalue weighted by Gasteiger charge is -2.16. The van der Waals surface area contributed by atoms with Crippen molar-refractivity contribution in [1.82, 2.24) is 14.5 Å². The molecular weight excluding hydrogens is 439 g/mol. The summed E-state index contributed by atoms with van der Waals surface area (Å²) in [5.74, 6) is -0.361. The Morgan fingerprint density at radius 3 is 2.58 bits per heavy atom. The van der Waals surface area contributed by atoms with E-state index in [0.717, 1.165) is 11.8 Å². The van der Waals surface area contributed by atoms with Gasteiger partial charge in [-0.05, 0) is 55.5 Å². The van der Waals surface area contributed by atoms with Gasteiger partial charge in [-0.2, -0.15) is 0 Å². The van der Waals surface area contributed by atoms with Crippen LogP contribution in [0.25, 0.3) is 16.6 Å². The zero-order valence-electron chi connectivity index (χ0n) is 16.3. The van der Waals surface area contributed by atoms with Crippen molar-refractivity contribution >= 4 is 46.0 Å². The van der Waals surface area contributed by atoms with Crippen molar-refractivity contribution in [1.29, 1.82) is 0 Å². The number of rotatable bonds is 5. The Bertz CT molecular complexity index is 1310. The third-order valence-corrected chi connectivity index (χ3v) is 5.74. The van der Waals surface area contributed by atoms with E-state index in [-0.39, 0.29) is 11.5 Å². The summed E-state index contributed by atoms with van der Waals surface area (Å²) >= 11 is 6.94. The summed E-state index contributed by atoms with van der Waals surface area (Å²) in [6.45, 7) is 1.70. The smallest absolute Gasteiger partial charge is 0.266 e. The van der Waals surface area contributed by atoms with Gasteiger partial charge in [0.15, 0.2) is 5.16 Å². The molecular formula is C22H16ClFN4O2S. The summed E-state index contributed by atoms with van der Waals surface area (Å²) in [6, 6.07) is 15.7. The molecule has 4 rings (SSSR count). The molecule has 1 unspecified atom stereocenters. The quantitative estimate of drug-likeness (QED) is 0.349. The largest absolute Gasteiger partial charge is 0.310 e. The molecule has 0 aliphatic carbocycles. The average molecular weight is 455 g/mol. The number of carbonyl (C=O) groups is 1. The maximum atomic E-state index is 13.4. The van der Waals surface area contributed by atoms with Crippen molar-refractivity contribution in [3.8, 4) is 5.69 Å². The monoisotopic (exact) mass is 454 g/mol. The van der Waals surface area contributed by atoms with E-state index in [1.165, 1.54) is 35.0 Å². The lowest BCUT2D eigenvalue weighted by Crippen LogP contribution is -2.26. The van der Waals surface area contributed by atoms with Gasteiger partial charge in [0.2, 0.25) is 5.91 Å². The molecule has 0 saturated heterocycles. The molecule has 6 nitrogen and oxygen atoms in total. The first-order valence-corrected chi connectivity index (χ1v) is 10.5. The predicted octanol–water partition coefficient (Wildman–Crippen LogP) is 4.69. The number of carbonyl (C=O) groups excluding carboxylic acids is 1. The van der Waals surface area contributed by atoms with Crippen molar-refractivity contribution in [2.24, 2.45) is 0 Å². The molecule has 156 valence electrons. The summed E-state index contributed by atoms with van der Waals surface area (Å²) in [4.78, 5) is 34.5. The molecule has 0 fully saturated rings. The highest BCUT2D eigenvalue weighted by Crippen LogP contribution is 2.26. The number of nitrogens with zero attached hydrogens (tertiary/aromatic N) is 3. The molecule has 2 heterocycles. The highest BCUT2D eigenvalue weighted by Gasteiger charge is 2.20. The van der Waals surface area contributed by atoms with E-state index in [1.54, 1.807) is 43.3 Å². The van der Waals surface area contributed by atoms with E-state index in [9.17, 15) is 14.0 Å². The van der Waals surface area contributed by atoms with Crippen LogP contribution in [0.3, 0.4) is 0 Å². The van der Waals surface area contributed by atoms with Gasteiger partial charge >= 0.3 is 0 Å². The number of fused-ring (bicyclic) bond motifs is 1. The van der Waals surface area contributed by atoms with E-state index in [0.29, 0.717) is 32.6 Å². The number of pyridine rings is 1. The highest BCUT2D eigenvalue weighted by molar-refractivity contribution is 8.00. The number of halogens is 2. The first-order valence-electron chi connectivity index (χ1n) is 9.29. The van der Waals surface area contributed by atoms with Gasteiger partial charge in [-0.15, -0.1) is 0 Å². The van der Waals surface area contributed by atoms with E-state index < -0.39 is 11.1 Å². The molecule has 4 aromatic rings. The normalized spacial score (nSPS) is 12.0. The summed E-state index contributed by atoms with van der Waals surface area (Å²) in [6.07, 6.45) is 1.44. The fraction of sp³-hybridized carbons (Fsp3) is 0.0909. The van der Waals surface area contributed by atoms with Gasteiger partial charge in [-0.25, -0.2) is 14.4 Å². The maximum Gasteiger partial charge on any atom is 0.266 e. The van der Waals surface area contributed by atoms with Crippen LogP contribution in [-0.4, -0.2) is 25.7 Å². The van der Waals surface area contributed by atoms with Gasteiger partial charge in [-0.1, -0.05) is 35.5 Å². The molecule has 0 bridgehead atoms. The second-order valence-electron chi connectivity index (χ2n) is 6.64. The number of hydrogen-bond acceptors (Lipinski definition) is 5. The number of nitrogens with one attached hydrogen (secondary N) is 1. The van der Waals surface area contributed by atoms with Gasteiger partial charge in [0.1, 0.15) is 11.6 Å². The molecule has 2 aromatic carbocycles. The predicted molar refractivity (Wildman–Crippen MR) is 120 cm³/mol. The fourth-order valence-corrected chi connectivity index (χ4v) is 3.94. The Hall–Kier alpha value is -3.23. The second kappa shape index (κ2) is 8.87. The highest BCUT2D eigenvalue weighted by atomic mass is 35.5. The van der Waals surface area contributed by atoms with Crippen LogP contribution >= 0.6 is 23.4 Å². The third-order valence-electron chi connectivity index (χ3n) is 4.46. The molecule has 1 N–H and O–H groups in total. The van der Waals surface area contributed by atoms with Crippen LogP contribution in [0.5, 0.6) is 0 Å². The summed E-state index contributed by atoms with van der Waals surface area (Å²) in [5, 5.41) is 3.33. The van der Waals surface area contributed by atoms with Gasteiger partial charge in [0.05, 0.1) is 26.9 Å². The summed E-state index contributed by atoms with van der Waals surface area (Å²) in [7, 11) is 0. The van der Waals surface area contributed by atoms with E-state index >= 15 is 0 Å². The number of anilines is 1. The minimum Gasteiger partial charge on any atom is -0.310 e. The summed E-state index contributed by atoms with van der Waals surface area (Å²) < 4.78 is 14.8. The van der Waals surface area contributed by atoms with E-state index in [2.05, 4.69) is 15.3 Å². The van der Waals surface area contributed by atoms with Crippen LogP contribution in [0, 0.1) is 5.82 Å². The van der Waals surface area contributed by atoms with Gasteiger partial charge in [0.25, 0.3) is 5.56 Å². The Kier molecular flexibility index (Phi) is 6.01. The first kappa shape index (κ1) is 21.0. The lowest BCUT2D eigenvalue weighted by molar-refractivity contribution is -0.115. The van der Waals surface area contributed by atoms with Crippen molar-refractivity contribution in [3.05, 3.63) is 88.1 Å². The minimum absolute atomic E-state index is 0.299. The molecule has 2 aromatic heterocycles. The van der Waals surface area contributed by atoms with Gasteiger partial charge in [-0.3, -0.25) is 14.2 Å². The second-order valence-corrected chi connectivity index (χ2v) is 8.38. The fourth-order valence-electron chi connectivity index (χ4n) is 2.90. The van der Waals surface area contributed by atoms with Crippen LogP contribution < -0.4 is 10.9 Å². The van der Waals surface area contributed by atoms with E-state index in [4.69, 9.17) is 11.6 Å². The average Bonchev–Trinajstić information content (AvgIpc) is 2.76. The van der Waals surface area contributed by atoms with Crippen molar-refractivity contribution in [2.75, 3.05) is 5.32 Å². The molecule has 1 amide bonds. The molecule has 31 heavy (non-hydrogen) atoms. The summed E-state index contributed by atoms with van der Waals surface area (Å²) in [5.41, 5.74) is 0.672. The minimum atomic E-state index is -0.600. The number of amides is 1. The van der Waals surface area contributed by atoms with Gasteiger partial charge in [0, 0.05) is 6.20 Å². The molecule has 9 heteroatoms. The van der Waals surface area contributed by atoms with Crippen LogP contribution in [0.2, 0.25) is 5.02 Å². The van der Waals surface area contributed by atoms with Crippen molar-refractivity contribution in [2.45, 2.75) is 17.3 Å². The lowest BCUT2D eigenvalue weighted by atomic mass is 10.2. The molecule has 0 saturated carbocycles. The molecule has 0 spiro atoms. The van der Waals surface area contributed by atoms with Crippen LogP contribution in [0.1, 0.15) is 6.92 Å². The molecule has 0 aliphatic heterocycles. The van der Waals surface area contributed by atoms with Crippen molar-refractivity contribution < 1.29 is 9.18 Å². The standard InChI is InChI=1S/C22H16ClFN4O2S/c1-13(20(29)27-19-11-6-14(23)12-25-19)31-22-26-18-5-3-2-4-17(18)21(30)28(22)16-9-7-15(24)8-10-16/h2-13H,1H3,(H,25,27,29). The maximum absolute atomic E-state index is 13.4. The number of thioether (sulfide) groups is 1. The Morgan fingerprint density at radius 2 is 1.87 bits per heavy atom. The molecule has 1 atom stereocenters. The zero-order chi connectivity index (χ0) is 22.0. The molecule has 0 radical (unpaired) electrons. The molecule has 0 aliphatic rings. The first-order chi connectivity index (χ1) is 14.9. The van der Waals surface area contributed by atoms with Crippen LogP contribution in [0.15, 0.2) is 76.8 Å². The Balaban J connectivity index is 1.71. The zero-order valence-corrected chi connectivity index (χ0v) is 17.8. The number of hydrogen-bond donors (Lipinski definition) is 1. The Morgan fingerprint density at radius 1 is 1.13 bits per heavy atom. The number of benzene rings is 2.